The van der Waals surface area contributed by atoms with Crippen molar-refractivity contribution in [3.8, 4) is 0 Å². The second-order valence-corrected chi connectivity index (χ2v) is 8.24. The zero-order chi connectivity index (χ0) is 20.4. The smallest absolute Gasteiger partial charge is 0.280 e. The van der Waals surface area contributed by atoms with Gasteiger partial charge >= 0.3 is 0 Å². The lowest BCUT2D eigenvalue weighted by atomic mass is 10.2. The number of hydrogen-bond donors (Lipinski definition) is 0. The summed E-state index contributed by atoms with van der Waals surface area (Å²) >= 11 is 5.87. The molecule has 2 unspecified atom stereocenters. The van der Waals surface area contributed by atoms with Gasteiger partial charge in [-0.1, -0.05) is 16.8 Å². The monoisotopic (exact) mass is 424 g/mol. The van der Waals surface area contributed by atoms with E-state index in [-0.39, 0.29) is 12.1 Å². The molecule has 1 aliphatic carbocycles. The molecular formula is C19H17ClN8O2. The molecule has 4 aromatic rings. The van der Waals surface area contributed by atoms with Gasteiger partial charge in [0, 0.05) is 26.1 Å². The van der Waals surface area contributed by atoms with Gasteiger partial charge < -0.3 is 14.0 Å². The summed E-state index contributed by atoms with van der Waals surface area (Å²) in [5.41, 5.74) is 1.77. The molecule has 0 aromatic carbocycles. The van der Waals surface area contributed by atoms with E-state index in [2.05, 4.69) is 30.0 Å². The second-order valence-electron chi connectivity index (χ2n) is 7.85. The third kappa shape index (κ3) is 2.71. The van der Waals surface area contributed by atoms with Gasteiger partial charge in [-0.3, -0.25) is 9.36 Å². The van der Waals surface area contributed by atoms with Crippen LogP contribution < -0.4 is 10.5 Å². The van der Waals surface area contributed by atoms with Crippen LogP contribution in [0.15, 0.2) is 40.3 Å². The Labute approximate surface area is 175 Å². The number of anilines is 1. The lowest BCUT2D eigenvalue weighted by Gasteiger charge is -2.20. The molecule has 0 spiro atoms. The Morgan fingerprint density at radius 1 is 1.17 bits per heavy atom. The molecule has 2 atom stereocenters. The Morgan fingerprint density at radius 2 is 1.97 bits per heavy atom. The highest BCUT2D eigenvalue weighted by Crippen LogP contribution is 2.57. The third-order valence-corrected chi connectivity index (χ3v) is 6.28. The molecule has 0 bridgehead atoms. The zero-order valence-electron chi connectivity index (χ0n) is 16.0. The molecule has 30 heavy (non-hydrogen) atoms. The Kier molecular flexibility index (Phi) is 3.73. The van der Waals surface area contributed by atoms with Gasteiger partial charge in [0.15, 0.2) is 17.0 Å². The summed E-state index contributed by atoms with van der Waals surface area (Å²) in [6, 6.07) is 3.80. The standard InChI is InChI=1S/C19H17ClN8O2/c1-26-8-22-18-16(26)19(29)28(9-23-18)7-14-24-17(25-30-14)15-11-5-27(6-12(11)15)10-2-3-13(20)21-4-10/h2-4,8-9,11-12,15H,5-7H2,1H3. The first-order valence-electron chi connectivity index (χ1n) is 9.64. The van der Waals surface area contributed by atoms with Crippen molar-refractivity contribution in [1.29, 1.82) is 0 Å². The summed E-state index contributed by atoms with van der Waals surface area (Å²) < 4.78 is 8.55. The molecule has 10 nitrogen and oxygen atoms in total. The van der Waals surface area contributed by atoms with E-state index in [0.717, 1.165) is 24.6 Å². The average molecular weight is 425 g/mol. The highest BCUT2D eigenvalue weighted by atomic mass is 35.5. The maximum atomic E-state index is 12.7. The summed E-state index contributed by atoms with van der Waals surface area (Å²) in [7, 11) is 1.77. The molecule has 6 rings (SSSR count). The average Bonchev–Trinajstić information content (AvgIpc) is 3.16. The highest BCUT2D eigenvalue weighted by molar-refractivity contribution is 6.29. The number of halogens is 1. The Hall–Kier alpha value is -3.27. The molecule has 0 N–H and O–H groups in total. The van der Waals surface area contributed by atoms with E-state index in [1.54, 1.807) is 24.1 Å². The van der Waals surface area contributed by atoms with Crippen LogP contribution in [0.5, 0.6) is 0 Å². The molecule has 152 valence electrons. The summed E-state index contributed by atoms with van der Waals surface area (Å²) in [5.74, 6) is 2.42. The van der Waals surface area contributed by atoms with Gasteiger partial charge in [-0.2, -0.15) is 4.98 Å². The number of pyridine rings is 1. The Bertz CT molecular complexity index is 1300. The topological polar surface area (TPSA) is 108 Å². The van der Waals surface area contributed by atoms with Crippen LogP contribution in [0.3, 0.4) is 0 Å². The van der Waals surface area contributed by atoms with E-state index >= 15 is 0 Å². The van der Waals surface area contributed by atoms with Crippen LogP contribution in [0.2, 0.25) is 5.15 Å². The van der Waals surface area contributed by atoms with E-state index in [1.165, 1.54) is 10.9 Å². The number of imidazole rings is 1. The van der Waals surface area contributed by atoms with Crippen molar-refractivity contribution in [3.05, 3.63) is 58.2 Å². The molecule has 2 fully saturated rings. The van der Waals surface area contributed by atoms with E-state index in [1.807, 2.05) is 12.1 Å². The lowest BCUT2D eigenvalue weighted by molar-refractivity contribution is 0.363. The molecule has 1 saturated carbocycles. The van der Waals surface area contributed by atoms with Gasteiger partial charge in [-0.25, -0.2) is 15.0 Å². The predicted molar refractivity (Wildman–Crippen MR) is 107 cm³/mol. The van der Waals surface area contributed by atoms with Crippen molar-refractivity contribution >= 4 is 28.5 Å². The fourth-order valence-corrected chi connectivity index (χ4v) is 4.58. The van der Waals surface area contributed by atoms with Crippen molar-refractivity contribution < 1.29 is 4.52 Å². The van der Waals surface area contributed by atoms with Crippen molar-refractivity contribution in [2.75, 3.05) is 18.0 Å². The Balaban J connectivity index is 1.16. The Morgan fingerprint density at radius 3 is 2.73 bits per heavy atom. The largest absolute Gasteiger partial charge is 0.370 e. The van der Waals surface area contributed by atoms with Gasteiger partial charge in [0.1, 0.15) is 18.0 Å². The first-order chi connectivity index (χ1) is 14.6. The third-order valence-electron chi connectivity index (χ3n) is 6.06. The van der Waals surface area contributed by atoms with Crippen LogP contribution in [0.1, 0.15) is 17.6 Å². The number of rotatable bonds is 4. The first kappa shape index (κ1) is 17.6. The highest BCUT2D eigenvalue weighted by Gasteiger charge is 2.58. The van der Waals surface area contributed by atoms with Gasteiger partial charge in [0.25, 0.3) is 5.56 Å². The fraction of sp³-hybridized carbons (Fsp3) is 0.368. The molecule has 0 radical (unpaired) electrons. The summed E-state index contributed by atoms with van der Waals surface area (Å²) in [5, 5.41) is 4.68. The SMILES string of the molecule is Cn1cnc2ncn(Cc3nc(C4C5CN(c6ccc(Cl)nc6)CC54)no3)c(=O)c21. The normalized spacial score (nSPS) is 22.6. The minimum Gasteiger partial charge on any atom is -0.370 e. The van der Waals surface area contributed by atoms with E-state index < -0.39 is 0 Å². The van der Waals surface area contributed by atoms with Crippen molar-refractivity contribution in [1.82, 2.24) is 34.2 Å². The van der Waals surface area contributed by atoms with E-state index in [9.17, 15) is 4.79 Å². The number of aryl methyl sites for hydroxylation is 1. The van der Waals surface area contributed by atoms with Crippen LogP contribution in [-0.2, 0) is 13.6 Å². The van der Waals surface area contributed by atoms with Crippen LogP contribution >= 0.6 is 11.6 Å². The van der Waals surface area contributed by atoms with Crippen molar-refractivity contribution in [2.24, 2.45) is 18.9 Å². The minimum atomic E-state index is -0.185. The molecule has 11 heteroatoms. The molecule has 0 amide bonds. The quantitative estimate of drug-likeness (QED) is 0.453. The lowest BCUT2D eigenvalue weighted by Crippen LogP contribution is -2.24. The number of piperidine rings is 1. The number of nitrogens with zero attached hydrogens (tertiary/aromatic N) is 8. The molecule has 4 aromatic heterocycles. The van der Waals surface area contributed by atoms with Crippen LogP contribution in [0.4, 0.5) is 5.69 Å². The maximum Gasteiger partial charge on any atom is 0.280 e. The zero-order valence-corrected chi connectivity index (χ0v) is 16.8. The van der Waals surface area contributed by atoms with Gasteiger partial charge in [-0.05, 0) is 24.0 Å². The second kappa shape index (κ2) is 6.36. The number of fused-ring (bicyclic) bond motifs is 2. The van der Waals surface area contributed by atoms with Crippen molar-refractivity contribution in [2.45, 2.75) is 12.5 Å². The summed E-state index contributed by atoms with van der Waals surface area (Å²) in [4.78, 5) is 32.0. The number of hydrogen-bond acceptors (Lipinski definition) is 8. The van der Waals surface area contributed by atoms with Crippen LogP contribution in [0.25, 0.3) is 11.2 Å². The van der Waals surface area contributed by atoms with Crippen LogP contribution in [0, 0.1) is 11.8 Å². The number of aromatic nitrogens is 7. The molecule has 1 aliphatic heterocycles. The summed E-state index contributed by atoms with van der Waals surface area (Å²) in [6.07, 6.45) is 4.84. The molecule has 5 heterocycles. The summed E-state index contributed by atoms with van der Waals surface area (Å²) in [6.45, 7) is 2.05. The van der Waals surface area contributed by atoms with E-state index in [4.69, 9.17) is 16.1 Å². The van der Waals surface area contributed by atoms with Crippen LogP contribution in [-0.4, -0.2) is 47.3 Å². The fourth-order valence-electron chi connectivity index (χ4n) is 4.47. The predicted octanol–water partition coefficient (Wildman–Crippen LogP) is 1.46. The van der Waals surface area contributed by atoms with Crippen molar-refractivity contribution in [3.63, 3.8) is 0 Å². The molecular weight excluding hydrogens is 408 g/mol. The first-order valence-corrected chi connectivity index (χ1v) is 10.0. The van der Waals surface area contributed by atoms with Gasteiger partial charge in [-0.15, -0.1) is 0 Å². The maximum absolute atomic E-state index is 12.7. The molecule has 1 saturated heterocycles. The van der Waals surface area contributed by atoms with Gasteiger partial charge in [0.2, 0.25) is 5.89 Å². The van der Waals surface area contributed by atoms with Gasteiger partial charge in [0.05, 0.1) is 18.2 Å². The minimum absolute atomic E-state index is 0.185. The van der Waals surface area contributed by atoms with E-state index in [0.29, 0.717) is 40.0 Å². The molecule has 2 aliphatic rings.